The summed E-state index contributed by atoms with van der Waals surface area (Å²) in [4.78, 5) is 12.0. The highest BCUT2D eigenvalue weighted by molar-refractivity contribution is 6.31. The van der Waals surface area contributed by atoms with Crippen LogP contribution in [0.25, 0.3) is 0 Å². The first kappa shape index (κ1) is 18.9. The van der Waals surface area contributed by atoms with Crippen LogP contribution in [-0.2, 0) is 4.79 Å². The van der Waals surface area contributed by atoms with Gasteiger partial charge in [-0.25, -0.2) is 0 Å². The number of ether oxygens (including phenoxy) is 2. The highest BCUT2D eigenvalue weighted by Gasteiger charge is 2.29. The zero-order chi connectivity index (χ0) is 18.4. The topological polar surface area (TPSA) is 47.6 Å². The maximum Gasteiger partial charge on any atom is 0.422 e. The Morgan fingerprint density at radius 3 is 2.60 bits per heavy atom. The monoisotopic (exact) mass is 373 g/mol. The summed E-state index contributed by atoms with van der Waals surface area (Å²) in [5.74, 6) is -0.180. The molecule has 4 nitrogen and oxygen atoms in total. The second kappa shape index (κ2) is 8.11. The van der Waals surface area contributed by atoms with E-state index >= 15 is 0 Å². The van der Waals surface area contributed by atoms with Gasteiger partial charge in [-0.15, -0.1) is 0 Å². The van der Waals surface area contributed by atoms with E-state index in [4.69, 9.17) is 21.1 Å². The Kier molecular flexibility index (Phi) is 6.14. The Hall–Kier alpha value is -2.41. The van der Waals surface area contributed by atoms with Crippen molar-refractivity contribution in [2.45, 2.75) is 13.1 Å². The number of carbonyl (C=O) groups excluding carboxylic acids is 1. The van der Waals surface area contributed by atoms with Crippen LogP contribution in [0.3, 0.4) is 0 Å². The van der Waals surface area contributed by atoms with Crippen LogP contribution in [0.4, 0.5) is 18.9 Å². The average molecular weight is 374 g/mol. The van der Waals surface area contributed by atoms with Crippen LogP contribution in [0.15, 0.2) is 42.5 Å². The van der Waals surface area contributed by atoms with Crippen LogP contribution in [0.5, 0.6) is 11.5 Å². The van der Waals surface area contributed by atoms with Crippen LogP contribution in [-0.4, -0.2) is 25.3 Å². The zero-order valence-corrected chi connectivity index (χ0v) is 13.9. The molecule has 0 fully saturated rings. The molecule has 2 aromatic rings. The lowest BCUT2D eigenvalue weighted by Crippen LogP contribution is -2.22. The van der Waals surface area contributed by atoms with E-state index in [1.54, 1.807) is 18.2 Å². The Labute approximate surface area is 147 Å². The fourth-order valence-electron chi connectivity index (χ4n) is 1.93. The fraction of sp³-hybridized carbons (Fsp3) is 0.235. The SMILES string of the molecule is Cc1cccc(OCC(=O)Nc2cc(Cl)ccc2OCC(F)(F)F)c1. The van der Waals surface area contributed by atoms with E-state index in [1.165, 1.54) is 18.2 Å². The third-order valence-electron chi connectivity index (χ3n) is 2.97. The van der Waals surface area contributed by atoms with Crippen molar-refractivity contribution in [1.29, 1.82) is 0 Å². The number of alkyl halides is 3. The van der Waals surface area contributed by atoms with E-state index in [9.17, 15) is 18.0 Å². The number of hydrogen-bond donors (Lipinski definition) is 1. The van der Waals surface area contributed by atoms with Crippen molar-refractivity contribution in [2.24, 2.45) is 0 Å². The van der Waals surface area contributed by atoms with Crippen LogP contribution >= 0.6 is 11.6 Å². The molecular weight excluding hydrogens is 359 g/mol. The van der Waals surface area contributed by atoms with Crippen molar-refractivity contribution in [3.63, 3.8) is 0 Å². The summed E-state index contributed by atoms with van der Waals surface area (Å²) in [7, 11) is 0. The van der Waals surface area contributed by atoms with E-state index < -0.39 is 18.7 Å². The first-order valence-electron chi connectivity index (χ1n) is 7.21. The number of rotatable bonds is 6. The lowest BCUT2D eigenvalue weighted by atomic mass is 10.2. The van der Waals surface area contributed by atoms with E-state index in [2.05, 4.69) is 5.32 Å². The van der Waals surface area contributed by atoms with Gasteiger partial charge in [-0.3, -0.25) is 4.79 Å². The summed E-state index contributed by atoms with van der Waals surface area (Å²) in [5.41, 5.74) is 1.00. The van der Waals surface area contributed by atoms with Gasteiger partial charge < -0.3 is 14.8 Å². The highest BCUT2D eigenvalue weighted by atomic mass is 35.5. The van der Waals surface area contributed by atoms with Crippen molar-refractivity contribution < 1.29 is 27.4 Å². The molecule has 2 rings (SSSR count). The van der Waals surface area contributed by atoms with Crippen LogP contribution < -0.4 is 14.8 Å². The van der Waals surface area contributed by atoms with Crippen molar-refractivity contribution >= 4 is 23.2 Å². The molecule has 0 aliphatic carbocycles. The molecule has 1 amide bonds. The molecule has 0 bridgehead atoms. The molecule has 2 aromatic carbocycles. The molecule has 0 unspecified atom stereocenters. The molecule has 0 heterocycles. The van der Waals surface area contributed by atoms with Gasteiger partial charge in [-0.1, -0.05) is 23.7 Å². The number of aryl methyl sites for hydroxylation is 1. The molecule has 0 aliphatic heterocycles. The molecule has 134 valence electrons. The first-order valence-corrected chi connectivity index (χ1v) is 7.59. The summed E-state index contributed by atoms with van der Waals surface area (Å²) < 4.78 is 46.9. The highest BCUT2D eigenvalue weighted by Crippen LogP contribution is 2.29. The van der Waals surface area contributed by atoms with Crippen LogP contribution in [0, 0.1) is 6.92 Å². The van der Waals surface area contributed by atoms with E-state index in [1.807, 2.05) is 13.0 Å². The summed E-state index contributed by atoms with van der Waals surface area (Å²) in [6.07, 6.45) is -4.49. The van der Waals surface area contributed by atoms with Gasteiger partial charge in [0.1, 0.15) is 11.5 Å². The summed E-state index contributed by atoms with van der Waals surface area (Å²) in [6, 6.07) is 11.0. The predicted octanol–water partition coefficient (Wildman–Crippen LogP) is 4.61. The van der Waals surface area contributed by atoms with Gasteiger partial charge in [-0.05, 0) is 42.8 Å². The van der Waals surface area contributed by atoms with Gasteiger partial charge in [0.25, 0.3) is 5.91 Å². The third-order valence-corrected chi connectivity index (χ3v) is 3.20. The quantitative estimate of drug-likeness (QED) is 0.804. The van der Waals surface area contributed by atoms with Crippen LogP contribution in [0.2, 0.25) is 5.02 Å². The lowest BCUT2D eigenvalue weighted by molar-refractivity contribution is -0.153. The minimum Gasteiger partial charge on any atom is -0.484 e. The predicted molar refractivity (Wildman–Crippen MR) is 88.3 cm³/mol. The normalized spacial score (nSPS) is 11.1. The molecule has 0 atom stereocenters. The van der Waals surface area contributed by atoms with Crippen molar-refractivity contribution in [3.05, 3.63) is 53.1 Å². The molecule has 0 aromatic heterocycles. The Morgan fingerprint density at radius 1 is 1.16 bits per heavy atom. The van der Waals surface area contributed by atoms with Gasteiger partial charge in [0, 0.05) is 5.02 Å². The van der Waals surface area contributed by atoms with E-state index in [-0.39, 0.29) is 23.1 Å². The molecular formula is C17H15ClF3NO3. The lowest BCUT2D eigenvalue weighted by Gasteiger charge is -2.14. The minimum absolute atomic E-state index is 0.0367. The first-order chi connectivity index (χ1) is 11.7. The molecule has 0 saturated heterocycles. The molecule has 25 heavy (non-hydrogen) atoms. The second-order valence-corrected chi connectivity index (χ2v) is 5.63. The number of anilines is 1. The maximum atomic E-state index is 12.3. The standard InChI is InChI=1S/C17H15ClF3NO3/c1-11-3-2-4-13(7-11)24-9-16(23)22-14-8-12(18)5-6-15(14)25-10-17(19,20)21/h2-8H,9-10H2,1H3,(H,22,23). The fourth-order valence-corrected chi connectivity index (χ4v) is 2.10. The number of nitrogens with one attached hydrogen (secondary N) is 1. The zero-order valence-electron chi connectivity index (χ0n) is 13.2. The average Bonchev–Trinajstić information content (AvgIpc) is 2.51. The molecule has 8 heteroatoms. The van der Waals surface area contributed by atoms with E-state index in [0.29, 0.717) is 5.75 Å². The Morgan fingerprint density at radius 2 is 1.92 bits per heavy atom. The smallest absolute Gasteiger partial charge is 0.422 e. The molecule has 0 radical (unpaired) electrons. The van der Waals surface area contributed by atoms with Crippen molar-refractivity contribution in [1.82, 2.24) is 0 Å². The maximum absolute atomic E-state index is 12.3. The largest absolute Gasteiger partial charge is 0.484 e. The van der Waals surface area contributed by atoms with Gasteiger partial charge >= 0.3 is 6.18 Å². The second-order valence-electron chi connectivity index (χ2n) is 5.20. The minimum atomic E-state index is -4.49. The van der Waals surface area contributed by atoms with Gasteiger partial charge in [0.15, 0.2) is 13.2 Å². The van der Waals surface area contributed by atoms with Gasteiger partial charge in [0.2, 0.25) is 0 Å². The number of carbonyl (C=O) groups is 1. The summed E-state index contributed by atoms with van der Waals surface area (Å²) in [5, 5.41) is 2.68. The third kappa shape index (κ3) is 6.54. The van der Waals surface area contributed by atoms with E-state index in [0.717, 1.165) is 5.56 Å². The van der Waals surface area contributed by atoms with Crippen molar-refractivity contribution in [2.75, 3.05) is 18.5 Å². The summed E-state index contributed by atoms with van der Waals surface area (Å²) in [6.45, 7) is 0.0924. The number of halogens is 4. The Balaban J connectivity index is 2.00. The molecule has 0 aliphatic rings. The Bertz CT molecular complexity index is 750. The number of amides is 1. The molecule has 0 spiro atoms. The van der Waals surface area contributed by atoms with Crippen LogP contribution in [0.1, 0.15) is 5.56 Å². The summed E-state index contributed by atoms with van der Waals surface area (Å²) >= 11 is 5.82. The molecule has 0 saturated carbocycles. The van der Waals surface area contributed by atoms with Gasteiger partial charge in [0.05, 0.1) is 5.69 Å². The van der Waals surface area contributed by atoms with Gasteiger partial charge in [-0.2, -0.15) is 13.2 Å². The van der Waals surface area contributed by atoms with Crippen molar-refractivity contribution in [3.8, 4) is 11.5 Å². The molecule has 1 N–H and O–H groups in total. The number of benzene rings is 2. The number of hydrogen-bond acceptors (Lipinski definition) is 3.